The third kappa shape index (κ3) is 2.13. The van der Waals surface area contributed by atoms with E-state index in [0.717, 1.165) is 16.1 Å². The topological polar surface area (TPSA) is 65.8 Å². The summed E-state index contributed by atoms with van der Waals surface area (Å²) in [6, 6.07) is 21.1. The van der Waals surface area contributed by atoms with Crippen LogP contribution >= 0.6 is 11.3 Å². The number of thiazole rings is 1. The molecule has 3 aromatic carbocycles. The van der Waals surface area contributed by atoms with Gasteiger partial charge in [-0.1, -0.05) is 47.7 Å². The van der Waals surface area contributed by atoms with Gasteiger partial charge in [0.2, 0.25) is 0 Å². The number of fused-ring (bicyclic) bond motifs is 3. The van der Waals surface area contributed by atoms with E-state index in [1.165, 1.54) is 27.7 Å². The number of nitriles is 1. The molecule has 0 aliphatic heterocycles. The summed E-state index contributed by atoms with van der Waals surface area (Å²) < 4.78 is 0. The average Bonchev–Trinajstić information content (AvgIpc) is 3.22. The average molecular weight is 353 g/mol. The number of carbonyl (C=O) groups is 1. The van der Waals surface area contributed by atoms with Crippen LogP contribution in [0.3, 0.4) is 0 Å². The molecule has 5 heteroatoms. The highest BCUT2D eigenvalue weighted by molar-refractivity contribution is 7.20. The minimum absolute atomic E-state index is 0.228. The van der Waals surface area contributed by atoms with Crippen molar-refractivity contribution < 1.29 is 4.79 Å². The standard InChI is InChI=1S/C21H11N3OS/c22-11-12-7-9-14(10-8-12)20(25)24-21-23-18-15-5-1-3-13-4-2-6-16(17(13)15)19(18)26-21/h1-10H,(H,23,24,25). The van der Waals surface area contributed by atoms with Crippen molar-refractivity contribution in [3.8, 4) is 27.8 Å². The van der Waals surface area contributed by atoms with Gasteiger partial charge in [0, 0.05) is 16.7 Å². The predicted octanol–water partition coefficient (Wildman–Crippen LogP) is 5.07. The Morgan fingerprint density at radius 1 is 1.00 bits per heavy atom. The molecule has 26 heavy (non-hydrogen) atoms. The molecule has 4 nitrogen and oxygen atoms in total. The number of carbonyl (C=O) groups excluding carboxylic acids is 1. The first-order chi connectivity index (χ1) is 12.7. The molecule has 1 N–H and O–H groups in total. The van der Waals surface area contributed by atoms with E-state index in [2.05, 4.69) is 34.6 Å². The molecule has 0 bridgehead atoms. The summed E-state index contributed by atoms with van der Waals surface area (Å²) in [5, 5.41) is 14.7. The second kappa shape index (κ2) is 5.51. The Hall–Kier alpha value is -3.49. The number of amides is 1. The minimum atomic E-state index is -0.228. The monoisotopic (exact) mass is 353 g/mol. The Bertz CT molecular complexity index is 1180. The maximum Gasteiger partial charge on any atom is 0.257 e. The Kier molecular flexibility index (Phi) is 3.14. The van der Waals surface area contributed by atoms with E-state index in [0.29, 0.717) is 16.3 Å². The van der Waals surface area contributed by atoms with Gasteiger partial charge >= 0.3 is 0 Å². The van der Waals surface area contributed by atoms with Crippen molar-refractivity contribution in [2.75, 3.05) is 5.32 Å². The van der Waals surface area contributed by atoms with E-state index in [1.807, 2.05) is 18.2 Å². The summed E-state index contributed by atoms with van der Waals surface area (Å²) in [5.74, 6) is -0.228. The summed E-state index contributed by atoms with van der Waals surface area (Å²) in [6.07, 6.45) is 0. The number of nitrogens with zero attached hydrogens (tertiary/aromatic N) is 2. The molecule has 1 aliphatic carbocycles. The molecule has 0 fully saturated rings. The zero-order valence-corrected chi connectivity index (χ0v) is 14.3. The maximum absolute atomic E-state index is 12.4. The molecular formula is C21H11N3OS. The Labute approximate surface area is 153 Å². The van der Waals surface area contributed by atoms with Gasteiger partial charge in [-0.3, -0.25) is 10.1 Å². The van der Waals surface area contributed by atoms with Gasteiger partial charge < -0.3 is 0 Å². The molecule has 5 rings (SSSR count). The lowest BCUT2D eigenvalue weighted by Crippen LogP contribution is -2.11. The summed E-state index contributed by atoms with van der Waals surface area (Å²) >= 11 is 1.49. The van der Waals surface area contributed by atoms with Crippen molar-refractivity contribution in [3.05, 3.63) is 71.8 Å². The fraction of sp³-hybridized carbons (Fsp3) is 0. The molecule has 4 aromatic rings. The van der Waals surface area contributed by atoms with E-state index in [1.54, 1.807) is 24.3 Å². The Morgan fingerprint density at radius 2 is 1.73 bits per heavy atom. The quantitative estimate of drug-likeness (QED) is 0.482. The maximum atomic E-state index is 12.4. The highest BCUT2D eigenvalue weighted by atomic mass is 32.1. The molecule has 0 radical (unpaired) electrons. The van der Waals surface area contributed by atoms with Crippen LogP contribution in [0.25, 0.3) is 32.5 Å². The highest BCUT2D eigenvalue weighted by Crippen LogP contribution is 2.50. The van der Waals surface area contributed by atoms with Gasteiger partial charge in [0.25, 0.3) is 5.91 Å². The first-order valence-electron chi connectivity index (χ1n) is 8.09. The zero-order valence-electron chi connectivity index (χ0n) is 13.5. The van der Waals surface area contributed by atoms with Gasteiger partial charge in [-0.05, 0) is 35.0 Å². The second-order valence-electron chi connectivity index (χ2n) is 6.05. The van der Waals surface area contributed by atoms with Crippen LogP contribution in [-0.4, -0.2) is 10.9 Å². The lowest BCUT2D eigenvalue weighted by atomic mass is 10.0. The number of hydrogen-bond donors (Lipinski definition) is 1. The lowest BCUT2D eigenvalue weighted by molar-refractivity contribution is 0.102. The summed E-state index contributed by atoms with van der Waals surface area (Å²) in [4.78, 5) is 18.2. The first kappa shape index (κ1) is 14.8. The third-order valence-corrected chi connectivity index (χ3v) is 5.53. The van der Waals surface area contributed by atoms with Crippen molar-refractivity contribution in [1.82, 2.24) is 4.98 Å². The van der Waals surface area contributed by atoms with Crippen LogP contribution in [0.1, 0.15) is 15.9 Å². The molecule has 0 saturated heterocycles. The number of anilines is 1. The van der Waals surface area contributed by atoms with Gasteiger partial charge in [0.05, 0.1) is 22.2 Å². The SMILES string of the molecule is N#Cc1ccc(C(=O)Nc2nc3c(s2)-c2cccc4cccc-3c24)cc1. The van der Waals surface area contributed by atoms with Crippen LogP contribution in [0, 0.1) is 11.3 Å². The van der Waals surface area contributed by atoms with Crippen molar-refractivity contribution in [2.24, 2.45) is 0 Å². The van der Waals surface area contributed by atoms with Crippen molar-refractivity contribution in [2.45, 2.75) is 0 Å². The van der Waals surface area contributed by atoms with Crippen LogP contribution in [0.4, 0.5) is 5.13 Å². The summed E-state index contributed by atoms with van der Waals surface area (Å²) in [7, 11) is 0. The molecule has 0 atom stereocenters. The fourth-order valence-corrected chi connectivity index (χ4v) is 4.34. The summed E-state index contributed by atoms with van der Waals surface area (Å²) in [6.45, 7) is 0. The lowest BCUT2D eigenvalue weighted by Gasteiger charge is -2.03. The molecule has 1 heterocycles. The Morgan fingerprint density at radius 3 is 2.46 bits per heavy atom. The van der Waals surface area contributed by atoms with E-state index < -0.39 is 0 Å². The molecule has 122 valence electrons. The van der Waals surface area contributed by atoms with Gasteiger partial charge in [-0.2, -0.15) is 5.26 Å². The van der Waals surface area contributed by atoms with E-state index >= 15 is 0 Å². The van der Waals surface area contributed by atoms with Gasteiger partial charge in [0.1, 0.15) is 0 Å². The molecule has 1 aliphatic rings. The smallest absolute Gasteiger partial charge is 0.257 e. The number of hydrogen-bond acceptors (Lipinski definition) is 4. The number of rotatable bonds is 2. The van der Waals surface area contributed by atoms with Crippen LogP contribution in [0.5, 0.6) is 0 Å². The Balaban J connectivity index is 1.50. The largest absolute Gasteiger partial charge is 0.298 e. The van der Waals surface area contributed by atoms with Crippen molar-refractivity contribution >= 4 is 33.1 Å². The highest BCUT2D eigenvalue weighted by Gasteiger charge is 2.26. The van der Waals surface area contributed by atoms with Gasteiger partial charge in [-0.15, -0.1) is 0 Å². The van der Waals surface area contributed by atoms with Crippen LogP contribution in [0.2, 0.25) is 0 Å². The van der Waals surface area contributed by atoms with Crippen LogP contribution in [0.15, 0.2) is 60.7 Å². The van der Waals surface area contributed by atoms with Gasteiger partial charge in [-0.25, -0.2) is 4.98 Å². The van der Waals surface area contributed by atoms with E-state index in [4.69, 9.17) is 5.26 Å². The summed E-state index contributed by atoms with van der Waals surface area (Å²) in [5.41, 5.74) is 4.24. The second-order valence-corrected chi connectivity index (χ2v) is 7.05. The van der Waals surface area contributed by atoms with Crippen LogP contribution < -0.4 is 5.32 Å². The van der Waals surface area contributed by atoms with Crippen LogP contribution in [-0.2, 0) is 0 Å². The molecular weight excluding hydrogens is 342 g/mol. The minimum Gasteiger partial charge on any atom is -0.298 e. The molecule has 0 unspecified atom stereocenters. The number of aromatic nitrogens is 1. The zero-order chi connectivity index (χ0) is 17.7. The number of nitrogens with one attached hydrogen (secondary N) is 1. The van der Waals surface area contributed by atoms with E-state index in [9.17, 15) is 4.79 Å². The fourth-order valence-electron chi connectivity index (χ4n) is 3.33. The van der Waals surface area contributed by atoms with E-state index in [-0.39, 0.29) is 5.91 Å². The predicted molar refractivity (Wildman–Crippen MR) is 103 cm³/mol. The van der Waals surface area contributed by atoms with Crippen molar-refractivity contribution in [3.63, 3.8) is 0 Å². The third-order valence-electron chi connectivity index (χ3n) is 4.53. The first-order valence-corrected chi connectivity index (χ1v) is 8.91. The molecule has 1 aromatic heterocycles. The molecule has 0 spiro atoms. The normalized spacial score (nSPS) is 11.2. The molecule has 1 amide bonds. The van der Waals surface area contributed by atoms with Gasteiger partial charge in [0.15, 0.2) is 5.13 Å². The number of benzene rings is 3. The molecule has 0 saturated carbocycles. The van der Waals surface area contributed by atoms with Crippen molar-refractivity contribution in [1.29, 1.82) is 5.26 Å².